The van der Waals surface area contributed by atoms with Gasteiger partial charge < -0.3 is 0 Å². The van der Waals surface area contributed by atoms with Crippen LogP contribution in [0.5, 0.6) is 0 Å². The molecule has 3 nitrogen and oxygen atoms in total. The number of hydrogen-bond donors (Lipinski definition) is 0. The highest BCUT2D eigenvalue weighted by atomic mass is 19.4. The molecule has 0 amide bonds. The van der Waals surface area contributed by atoms with Gasteiger partial charge in [-0.1, -0.05) is 12.1 Å². The Balaban J connectivity index is 3.46. The molecule has 0 aliphatic rings. The van der Waals surface area contributed by atoms with Crippen LogP contribution in [-0.4, -0.2) is 0 Å². The third kappa shape index (κ3) is 2.66. The van der Waals surface area contributed by atoms with E-state index in [9.17, 15) is 13.2 Å². The average Bonchev–Trinajstić information content (AvgIpc) is 2.35. The quantitative estimate of drug-likeness (QED) is 0.716. The molecule has 1 aromatic rings. The highest BCUT2D eigenvalue weighted by Gasteiger charge is 2.30. The van der Waals surface area contributed by atoms with Crippen LogP contribution in [-0.2, 0) is 6.18 Å². The Kier molecular flexibility index (Phi) is 3.72. The molecule has 6 heteroatoms. The minimum absolute atomic E-state index is 0.106. The molecule has 0 bridgehead atoms. The Morgan fingerprint density at radius 2 is 1.61 bits per heavy atom. The Morgan fingerprint density at radius 1 is 1.00 bits per heavy atom. The molecule has 0 saturated heterocycles. The molecule has 0 spiro atoms. The van der Waals surface area contributed by atoms with Crippen LogP contribution >= 0.6 is 0 Å². The monoisotopic (exact) mass is 247 g/mol. The molecule has 0 N–H and O–H groups in total. The van der Waals surface area contributed by atoms with E-state index >= 15 is 0 Å². The second-order valence-electron chi connectivity index (χ2n) is 3.16. The zero-order chi connectivity index (χ0) is 13.8. The van der Waals surface area contributed by atoms with Gasteiger partial charge in [0.15, 0.2) is 0 Å². The number of nitrogens with zero attached hydrogens (tertiary/aromatic N) is 3. The molecule has 1 rings (SSSR count). The van der Waals surface area contributed by atoms with E-state index in [2.05, 4.69) is 0 Å². The first-order valence-corrected chi connectivity index (χ1v) is 4.56. The van der Waals surface area contributed by atoms with Gasteiger partial charge in [-0.05, 0) is 17.7 Å². The lowest BCUT2D eigenvalue weighted by atomic mass is 10.00. The van der Waals surface area contributed by atoms with Gasteiger partial charge in [-0.25, -0.2) is 0 Å². The SMILES string of the molecule is N#CC(C#N)=C(C#N)c1cccc(C(F)(F)F)c1. The van der Waals surface area contributed by atoms with Gasteiger partial charge >= 0.3 is 6.18 Å². The van der Waals surface area contributed by atoms with Gasteiger partial charge in [-0.3, -0.25) is 0 Å². The first kappa shape index (κ1) is 13.3. The van der Waals surface area contributed by atoms with Crippen molar-refractivity contribution in [3.8, 4) is 18.2 Å². The molecular weight excluding hydrogens is 243 g/mol. The van der Waals surface area contributed by atoms with E-state index in [1.165, 1.54) is 18.2 Å². The van der Waals surface area contributed by atoms with Crippen molar-refractivity contribution in [1.29, 1.82) is 15.8 Å². The van der Waals surface area contributed by atoms with Crippen LogP contribution in [0.3, 0.4) is 0 Å². The van der Waals surface area contributed by atoms with E-state index in [1.807, 2.05) is 0 Å². The molecule has 18 heavy (non-hydrogen) atoms. The van der Waals surface area contributed by atoms with Crippen molar-refractivity contribution >= 4 is 5.57 Å². The van der Waals surface area contributed by atoms with Gasteiger partial charge in [0.2, 0.25) is 0 Å². The van der Waals surface area contributed by atoms with Crippen molar-refractivity contribution < 1.29 is 13.2 Å². The van der Waals surface area contributed by atoms with Crippen molar-refractivity contribution in [3.05, 3.63) is 41.0 Å². The Hall–Kier alpha value is -2.78. The summed E-state index contributed by atoms with van der Waals surface area (Å²) in [6, 6.07) is 8.44. The van der Waals surface area contributed by atoms with E-state index in [1.54, 1.807) is 6.07 Å². The van der Waals surface area contributed by atoms with Crippen molar-refractivity contribution in [2.45, 2.75) is 6.18 Å². The molecule has 0 heterocycles. The average molecular weight is 247 g/mol. The summed E-state index contributed by atoms with van der Waals surface area (Å²) in [6.45, 7) is 0. The second kappa shape index (κ2) is 5.03. The number of hydrogen-bond acceptors (Lipinski definition) is 3. The molecule has 0 radical (unpaired) electrons. The molecule has 0 aliphatic carbocycles. The van der Waals surface area contributed by atoms with Crippen LogP contribution in [0.15, 0.2) is 29.8 Å². The maximum absolute atomic E-state index is 12.5. The van der Waals surface area contributed by atoms with E-state index in [0.717, 1.165) is 18.2 Å². The summed E-state index contributed by atoms with van der Waals surface area (Å²) in [5.41, 5.74) is -1.93. The second-order valence-corrected chi connectivity index (χ2v) is 3.16. The molecule has 0 atom stereocenters. The van der Waals surface area contributed by atoms with E-state index < -0.39 is 17.3 Å². The summed E-state index contributed by atoms with van der Waals surface area (Å²) >= 11 is 0. The molecule has 88 valence electrons. The molecular formula is C12H4F3N3. The van der Waals surface area contributed by atoms with Gasteiger partial charge in [0.25, 0.3) is 0 Å². The van der Waals surface area contributed by atoms with Gasteiger partial charge in [-0.15, -0.1) is 0 Å². The number of rotatable bonds is 1. The molecule has 0 unspecified atom stereocenters. The van der Waals surface area contributed by atoms with Crippen molar-refractivity contribution in [3.63, 3.8) is 0 Å². The maximum Gasteiger partial charge on any atom is 0.416 e. The molecule has 1 aromatic carbocycles. The predicted octanol–water partition coefficient (Wildman–Crippen LogP) is 3.03. The fraction of sp³-hybridized carbons (Fsp3) is 0.0833. The van der Waals surface area contributed by atoms with Crippen LogP contribution in [0, 0.1) is 34.0 Å². The third-order valence-electron chi connectivity index (χ3n) is 2.06. The van der Waals surface area contributed by atoms with Gasteiger partial charge in [-0.2, -0.15) is 29.0 Å². The highest BCUT2D eigenvalue weighted by Crippen LogP contribution is 2.31. The maximum atomic E-state index is 12.5. The van der Waals surface area contributed by atoms with Crippen LogP contribution in [0.25, 0.3) is 5.57 Å². The molecule has 0 aromatic heterocycles. The summed E-state index contributed by atoms with van der Waals surface area (Å²) in [6.07, 6.45) is -4.55. The molecule has 0 aliphatic heterocycles. The number of alkyl halides is 3. The fourth-order valence-electron chi connectivity index (χ4n) is 1.25. The fourth-order valence-corrected chi connectivity index (χ4v) is 1.25. The largest absolute Gasteiger partial charge is 0.416 e. The summed E-state index contributed by atoms with van der Waals surface area (Å²) in [5.74, 6) is 0. The smallest absolute Gasteiger partial charge is 0.192 e. The lowest BCUT2D eigenvalue weighted by molar-refractivity contribution is -0.137. The van der Waals surface area contributed by atoms with Crippen LogP contribution < -0.4 is 0 Å². The van der Waals surface area contributed by atoms with Crippen LogP contribution in [0.4, 0.5) is 13.2 Å². The summed E-state index contributed by atoms with van der Waals surface area (Å²) in [4.78, 5) is 0. The number of halogens is 3. The zero-order valence-electron chi connectivity index (χ0n) is 8.78. The summed E-state index contributed by atoms with van der Waals surface area (Å²) < 4.78 is 37.4. The van der Waals surface area contributed by atoms with Crippen molar-refractivity contribution in [1.82, 2.24) is 0 Å². The predicted molar refractivity (Wildman–Crippen MR) is 55.2 cm³/mol. The first-order valence-electron chi connectivity index (χ1n) is 4.56. The Bertz CT molecular complexity index is 606. The van der Waals surface area contributed by atoms with Gasteiger partial charge in [0.1, 0.15) is 23.8 Å². The van der Waals surface area contributed by atoms with Crippen LogP contribution in [0.1, 0.15) is 11.1 Å². The lowest BCUT2D eigenvalue weighted by Crippen LogP contribution is -2.05. The van der Waals surface area contributed by atoms with Crippen molar-refractivity contribution in [2.75, 3.05) is 0 Å². The molecule has 0 fully saturated rings. The summed E-state index contributed by atoms with van der Waals surface area (Å²) in [7, 11) is 0. The van der Waals surface area contributed by atoms with Crippen molar-refractivity contribution in [2.24, 2.45) is 0 Å². The normalized spacial score (nSPS) is 9.78. The standard InChI is InChI=1S/C12H4F3N3/c13-12(14,15)10-3-1-2-8(4-10)11(7-18)9(5-16)6-17/h1-4H. The summed E-state index contributed by atoms with van der Waals surface area (Å²) in [5, 5.41) is 26.0. The number of allylic oxidation sites excluding steroid dienone is 2. The third-order valence-corrected chi connectivity index (χ3v) is 2.06. The highest BCUT2D eigenvalue weighted by molar-refractivity contribution is 5.84. The lowest BCUT2D eigenvalue weighted by Gasteiger charge is -2.07. The van der Waals surface area contributed by atoms with Gasteiger partial charge in [0, 0.05) is 0 Å². The molecule has 0 saturated carbocycles. The number of nitriles is 3. The van der Waals surface area contributed by atoms with Crippen LogP contribution in [0.2, 0.25) is 0 Å². The van der Waals surface area contributed by atoms with E-state index in [0.29, 0.717) is 0 Å². The van der Waals surface area contributed by atoms with E-state index in [-0.39, 0.29) is 11.1 Å². The van der Waals surface area contributed by atoms with Gasteiger partial charge in [0.05, 0.1) is 11.1 Å². The minimum atomic E-state index is -4.55. The van der Waals surface area contributed by atoms with E-state index in [4.69, 9.17) is 15.8 Å². The Morgan fingerprint density at radius 3 is 2.06 bits per heavy atom. The Labute approximate surface area is 101 Å². The topological polar surface area (TPSA) is 71.4 Å². The number of benzene rings is 1. The zero-order valence-corrected chi connectivity index (χ0v) is 8.78. The first-order chi connectivity index (χ1) is 8.43. The minimum Gasteiger partial charge on any atom is -0.192 e.